The Kier molecular flexibility index (Phi) is 7.35. The molecule has 7 nitrogen and oxygen atoms in total. The molecule has 4 N–H and O–H groups in total. The number of hydrogen-bond acceptors (Lipinski definition) is 6. The van der Waals surface area contributed by atoms with Gasteiger partial charge < -0.3 is 25.7 Å². The van der Waals surface area contributed by atoms with Crippen molar-refractivity contribution in [3.05, 3.63) is 0 Å². The Balaban J connectivity index is 2.99. The number of nitrogens with one attached hydrogen (secondary N) is 1. The van der Waals surface area contributed by atoms with Crippen molar-refractivity contribution in [3.63, 3.8) is 0 Å². The van der Waals surface area contributed by atoms with Crippen LogP contribution in [0.5, 0.6) is 0 Å². The second kappa shape index (κ2) is 8.58. The maximum atomic E-state index is 11.7. The number of carbonyl (C=O) groups is 3. The lowest BCUT2D eigenvalue weighted by Crippen LogP contribution is -2.52. The molecule has 0 saturated heterocycles. The molecule has 24 heavy (non-hydrogen) atoms. The minimum Gasteiger partial charge on any atom is -0.481 e. The predicted octanol–water partition coefficient (Wildman–Crippen LogP) is 0.950. The number of rotatable bonds is 9. The zero-order chi connectivity index (χ0) is 18.5. The van der Waals surface area contributed by atoms with Crippen LogP contribution in [0.2, 0.25) is 0 Å². The molecule has 0 aromatic carbocycles. The van der Waals surface area contributed by atoms with Gasteiger partial charge in [-0.05, 0) is 36.5 Å². The third-order valence-corrected chi connectivity index (χ3v) is 5.19. The SMILES string of the molecule is COC(=O)C(N)CC(N[C@@H](C=O)CC(=O)O)C1C(C)CCC1(C)C. The number of ether oxygens (including phenoxy) is 1. The van der Waals surface area contributed by atoms with Crippen molar-refractivity contribution in [2.75, 3.05) is 7.11 Å². The molecule has 0 heterocycles. The Morgan fingerprint density at radius 2 is 2.08 bits per heavy atom. The fraction of sp³-hybridized carbons (Fsp3) is 0.824. The van der Waals surface area contributed by atoms with Gasteiger partial charge in [0.15, 0.2) is 0 Å². The highest BCUT2D eigenvalue weighted by Crippen LogP contribution is 2.48. The van der Waals surface area contributed by atoms with Crippen LogP contribution in [0.3, 0.4) is 0 Å². The monoisotopic (exact) mass is 342 g/mol. The van der Waals surface area contributed by atoms with Gasteiger partial charge in [0.05, 0.1) is 19.6 Å². The van der Waals surface area contributed by atoms with Crippen molar-refractivity contribution in [2.24, 2.45) is 23.0 Å². The molecular formula is C17H30N2O5. The number of nitrogens with two attached hydrogens (primary N) is 1. The third-order valence-electron chi connectivity index (χ3n) is 5.19. The van der Waals surface area contributed by atoms with Crippen molar-refractivity contribution in [2.45, 2.75) is 64.6 Å². The molecule has 0 aromatic rings. The van der Waals surface area contributed by atoms with E-state index in [1.54, 1.807) is 0 Å². The van der Waals surface area contributed by atoms with E-state index in [1.807, 2.05) is 0 Å². The lowest BCUT2D eigenvalue weighted by molar-refractivity contribution is -0.143. The number of carboxylic acids is 1. The Morgan fingerprint density at radius 1 is 1.46 bits per heavy atom. The summed E-state index contributed by atoms with van der Waals surface area (Å²) in [6, 6.07) is -1.85. The highest BCUT2D eigenvalue weighted by atomic mass is 16.5. The number of aliphatic carboxylic acids is 1. The van der Waals surface area contributed by atoms with Crippen molar-refractivity contribution >= 4 is 18.2 Å². The van der Waals surface area contributed by atoms with Crippen molar-refractivity contribution in [3.8, 4) is 0 Å². The second-order valence-electron chi connectivity index (χ2n) is 7.51. The normalized spacial score (nSPS) is 26.4. The topological polar surface area (TPSA) is 119 Å². The first-order chi connectivity index (χ1) is 11.1. The molecule has 4 unspecified atom stereocenters. The summed E-state index contributed by atoms with van der Waals surface area (Å²) in [5.74, 6) is -0.982. The zero-order valence-electron chi connectivity index (χ0n) is 15.0. The highest BCUT2D eigenvalue weighted by molar-refractivity contribution is 5.75. The van der Waals surface area contributed by atoms with Gasteiger partial charge in [0.2, 0.25) is 0 Å². The highest BCUT2D eigenvalue weighted by Gasteiger charge is 2.45. The Bertz CT molecular complexity index is 466. The molecule has 1 saturated carbocycles. The average Bonchev–Trinajstić information content (AvgIpc) is 2.77. The van der Waals surface area contributed by atoms with Crippen LogP contribution in [0.25, 0.3) is 0 Å². The number of hydrogen-bond donors (Lipinski definition) is 3. The number of carbonyl (C=O) groups excluding carboxylic acids is 2. The third kappa shape index (κ3) is 5.27. The van der Waals surface area contributed by atoms with E-state index >= 15 is 0 Å². The smallest absolute Gasteiger partial charge is 0.322 e. The molecule has 1 rings (SSSR count). The molecule has 138 valence electrons. The van der Waals surface area contributed by atoms with Crippen molar-refractivity contribution < 1.29 is 24.2 Å². The first-order valence-electron chi connectivity index (χ1n) is 8.39. The van der Waals surface area contributed by atoms with Crippen LogP contribution >= 0.6 is 0 Å². The standard InChI is InChI=1S/C17H30N2O5/c1-10-5-6-17(2,3)15(10)13(8-12(18)16(23)24-4)19-11(9-20)7-14(21)22/h9-13,15,19H,5-8,18H2,1-4H3,(H,21,22)/t10?,11-,12?,13?,15?/m1/s1. The molecule has 0 bridgehead atoms. The minimum atomic E-state index is -1.05. The average molecular weight is 342 g/mol. The molecule has 0 aliphatic heterocycles. The number of carboxylic acid groups (broad SMARTS) is 1. The second-order valence-corrected chi connectivity index (χ2v) is 7.51. The van der Waals surface area contributed by atoms with Gasteiger partial charge in [-0.15, -0.1) is 0 Å². The summed E-state index contributed by atoms with van der Waals surface area (Å²) < 4.78 is 4.69. The Labute approximate surface area is 143 Å². The molecule has 1 fully saturated rings. The van der Waals surface area contributed by atoms with Crippen LogP contribution in [-0.2, 0) is 19.1 Å². The maximum absolute atomic E-state index is 11.7. The summed E-state index contributed by atoms with van der Waals surface area (Å²) in [7, 11) is 1.28. The van der Waals surface area contributed by atoms with E-state index in [9.17, 15) is 14.4 Å². The largest absolute Gasteiger partial charge is 0.481 e. The summed E-state index contributed by atoms with van der Waals surface area (Å²) in [6.45, 7) is 6.46. The fourth-order valence-electron chi connectivity index (χ4n) is 4.11. The first-order valence-corrected chi connectivity index (χ1v) is 8.39. The molecule has 1 aliphatic rings. The van der Waals surface area contributed by atoms with Gasteiger partial charge in [-0.1, -0.05) is 20.8 Å². The van der Waals surface area contributed by atoms with Gasteiger partial charge in [0.1, 0.15) is 12.3 Å². The number of methoxy groups -OCH3 is 1. The van der Waals surface area contributed by atoms with E-state index in [0.29, 0.717) is 18.6 Å². The molecular weight excluding hydrogens is 312 g/mol. The molecule has 7 heteroatoms. The van der Waals surface area contributed by atoms with Crippen molar-refractivity contribution in [1.82, 2.24) is 5.32 Å². The van der Waals surface area contributed by atoms with Crippen LogP contribution in [0, 0.1) is 17.3 Å². The van der Waals surface area contributed by atoms with Crippen LogP contribution < -0.4 is 11.1 Å². The molecule has 0 aromatic heterocycles. The van der Waals surface area contributed by atoms with Crippen LogP contribution in [-0.4, -0.2) is 48.6 Å². The minimum absolute atomic E-state index is 0.0174. The van der Waals surface area contributed by atoms with Gasteiger partial charge in [-0.3, -0.25) is 9.59 Å². The van der Waals surface area contributed by atoms with Crippen LogP contribution in [0.15, 0.2) is 0 Å². The zero-order valence-corrected chi connectivity index (χ0v) is 15.0. The van der Waals surface area contributed by atoms with E-state index in [-0.39, 0.29) is 23.8 Å². The van der Waals surface area contributed by atoms with Gasteiger partial charge in [-0.25, -0.2) is 0 Å². The lowest BCUT2D eigenvalue weighted by Gasteiger charge is -2.39. The summed E-state index contributed by atoms with van der Waals surface area (Å²) >= 11 is 0. The maximum Gasteiger partial charge on any atom is 0.322 e. The predicted molar refractivity (Wildman–Crippen MR) is 89.3 cm³/mol. The van der Waals surface area contributed by atoms with E-state index in [2.05, 4.69) is 26.1 Å². The van der Waals surface area contributed by atoms with Gasteiger partial charge in [-0.2, -0.15) is 0 Å². The van der Waals surface area contributed by atoms with Crippen LogP contribution in [0.4, 0.5) is 0 Å². The van der Waals surface area contributed by atoms with Gasteiger partial charge in [0.25, 0.3) is 0 Å². The van der Waals surface area contributed by atoms with E-state index < -0.39 is 24.0 Å². The fourth-order valence-corrected chi connectivity index (χ4v) is 4.11. The molecule has 0 amide bonds. The van der Waals surface area contributed by atoms with E-state index in [0.717, 1.165) is 12.8 Å². The first kappa shape index (κ1) is 20.6. The van der Waals surface area contributed by atoms with E-state index in [4.69, 9.17) is 15.6 Å². The number of esters is 1. The van der Waals surface area contributed by atoms with Crippen LogP contribution in [0.1, 0.15) is 46.5 Å². The molecule has 0 radical (unpaired) electrons. The Hall–Kier alpha value is -1.47. The summed E-state index contributed by atoms with van der Waals surface area (Å²) in [5, 5.41) is 12.1. The summed E-state index contributed by atoms with van der Waals surface area (Å²) in [6.07, 6.45) is 2.70. The summed E-state index contributed by atoms with van der Waals surface area (Å²) in [5.41, 5.74) is 5.95. The number of aldehydes is 1. The van der Waals surface area contributed by atoms with Gasteiger partial charge in [0, 0.05) is 6.04 Å². The van der Waals surface area contributed by atoms with Crippen molar-refractivity contribution in [1.29, 1.82) is 0 Å². The molecule has 1 aliphatic carbocycles. The molecule has 0 spiro atoms. The lowest BCUT2D eigenvalue weighted by atomic mass is 9.72. The summed E-state index contributed by atoms with van der Waals surface area (Å²) in [4.78, 5) is 33.9. The quantitative estimate of drug-likeness (QED) is 0.421. The van der Waals surface area contributed by atoms with Gasteiger partial charge >= 0.3 is 11.9 Å². The Morgan fingerprint density at radius 3 is 2.50 bits per heavy atom. The molecule has 5 atom stereocenters. The van der Waals surface area contributed by atoms with E-state index in [1.165, 1.54) is 7.11 Å².